The molecule has 0 radical (unpaired) electrons. The molecular formula is C17H12Cl2OS. The lowest BCUT2D eigenvalue weighted by Gasteiger charge is -2.04. The highest BCUT2D eigenvalue weighted by atomic mass is 35.5. The highest BCUT2D eigenvalue weighted by Crippen LogP contribution is 2.40. The minimum atomic E-state index is -0.310. The number of thiophene rings is 1. The summed E-state index contributed by atoms with van der Waals surface area (Å²) in [5.74, 6) is 0. The lowest BCUT2D eigenvalue weighted by molar-refractivity contribution is -0.111. The van der Waals surface area contributed by atoms with Crippen molar-refractivity contribution in [1.82, 2.24) is 0 Å². The van der Waals surface area contributed by atoms with Crippen LogP contribution in [0.15, 0.2) is 48.5 Å². The second-order valence-electron chi connectivity index (χ2n) is 4.77. The molecule has 0 spiro atoms. The number of halogens is 2. The van der Waals surface area contributed by atoms with Gasteiger partial charge in [0.15, 0.2) is 0 Å². The van der Waals surface area contributed by atoms with Crippen molar-refractivity contribution in [2.45, 2.75) is 12.8 Å². The molecule has 4 heteroatoms. The van der Waals surface area contributed by atoms with Crippen molar-refractivity contribution in [1.29, 1.82) is 0 Å². The molecule has 0 bridgehead atoms. The molecule has 0 saturated carbocycles. The Bertz CT molecular complexity index is 793. The molecule has 0 aliphatic rings. The summed E-state index contributed by atoms with van der Waals surface area (Å²) in [7, 11) is 0. The third-order valence-electron chi connectivity index (χ3n) is 3.36. The summed E-state index contributed by atoms with van der Waals surface area (Å²) in [5, 5.41) is 1.51. The van der Waals surface area contributed by atoms with Gasteiger partial charge in [-0.3, -0.25) is 4.79 Å². The average Bonchev–Trinajstić information content (AvgIpc) is 2.84. The molecular weight excluding hydrogens is 323 g/mol. The summed E-state index contributed by atoms with van der Waals surface area (Å²) in [6.07, 6.45) is 0.965. The second-order valence-corrected chi connectivity index (χ2v) is 6.68. The lowest BCUT2D eigenvalue weighted by atomic mass is 10.0. The fourth-order valence-corrected chi connectivity index (χ4v) is 3.92. The molecule has 21 heavy (non-hydrogen) atoms. The van der Waals surface area contributed by atoms with Crippen molar-refractivity contribution in [3.8, 4) is 10.4 Å². The Balaban J connectivity index is 2.18. The van der Waals surface area contributed by atoms with Crippen LogP contribution in [0.1, 0.15) is 12.0 Å². The van der Waals surface area contributed by atoms with E-state index in [1.54, 1.807) is 11.3 Å². The smallest absolute Gasteiger partial charge is 0.221 e. The van der Waals surface area contributed by atoms with Gasteiger partial charge < -0.3 is 0 Å². The van der Waals surface area contributed by atoms with Crippen LogP contribution in [0.5, 0.6) is 0 Å². The predicted molar refractivity (Wildman–Crippen MR) is 91.5 cm³/mol. The number of hydrogen-bond donors (Lipinski definition) is 0. The summed E-state index contributed by atoms with van der Waals surface area (Å²) in [5.41, 5.74) is 2.31. The first-order chi connectivity index (χ1) is 10.1. The van der Waals surface area contributed by atoms with Gasteiger partial charge in [-0.05, 0) is 52.7 Å². The number of hydrogen-bond acceptors (Lipinski definition) is 2. The van der Waals surface area contributed by atoms with Gasteiger partial charge in [0.05, 0.1) is 0 Å². The topological polar surface area (TPSA) is 17.1 Å². The van der Waals surface area contributed by atoms with E-state index in [0.29, 0.717) is 17.9 Å². The van der Waals surface area contributed by atoms with Crippen LogP contribution in [0.4, 0.5) is 0 Å². The summed E-state index contributed by atoms with van der Waals surface area (Å²) < 4.78 is 1.18. The van der Waals surface area contributed by atoms with Crippen LogP contribution >= 0.6 is 34.5 Å². The molecule has 2 aromatic carbocycles. The standard InChI is InChI=1S/C17H12Cl2OS/c18-12-6-8-15-14(10-12)13(7-9-16(19)20)17(21-15)11-4-2-1-3-5-11/h1-6,8,10H,7,9H2. The molecule has 106 valence electrons. The van der Waals surface area contributed by atoms with Crippen LogP contribution < -0.4 is 0 Å². The third-order valence-corrected chi connectivity index (χ3v) is 5.05. The van der Waals surface area contributed by atoms with E-state index in [9.17, 15) is 4.79 Å². The molecule has 0 atom stereocenters. The van der Waals surface area contributed by atoms with E-state index in [4.69, 9.17) is 23.2 Å². The fourth-order valence-electron chi connectivity index (χ4n) is 2.42. The minimum Gasteiger partial charge on any atom is -0.281 e. The van der Waals surface area contributed by atoms with Gasteiger partial charge in [0.2, 0.25) is 5.24 Å². The van der Waals surface area contributed by atoms with Crippen LogP contribution in [-0.4, -0.2) is 5.24 Å². The molecule has 3 rings (SSSR count). The van der Waals surface area contributed by atoms with Gasteiger partial charge in [-0.2, -0.15) is 0 Å². The monoisotopic (exact) mass is 334 g/mol. The van der Waals surface area contributed by atoms with E-state index < -0.39 is 0 Å². The Morgan fingerprint density at radius 3 is 2.57 bits per heavy atom. The van der Waals surface area contributed by atoms with E-state index in [-0.39, 0.29) is 5.24 Å². The quantitative estimate of drug-likeness (QED) is 0.541. The van der Waals surface area contributed by atoms with Gasteiger partial charge in [0.1, 0.15) is 0 Å². The van der Waals surface area contributed by atoms with Crippen molar-refractivity contribution in [2.75, 3.05) is 0 Å². The summed E-state index contributed by atoms with van der Waals surface area (Å²) >= 11 is 13.4. The number of carbonyl (C=O) groups is 1. The SMILES string of the molecule is O=C(Cl)CCc1c(-c2ccccc2)sc2ccc(Cl)cc12. The predicted octanol–water partition coefficient (Wildman–Crippen LogP) is 5.92. The van der Waals surface area contributed by atoms with Crippen molar-refractivity contribution in [3.63, 3.8) is 0 Å². The highest BCUT2D eigenvalue weighted by molar-refractivity contribution is 7.22. The number of aryl methyl sites for hydroxylation is 1. The van der Waals surface area contributed by atoms with Gasteiger partial charge in [-0.1, -0.05) is 41.9 Å². The third kappa shape index (κ3) is 3.13. The van der Waals surface area contributed by atoms with E-state index in [2.05, 4.69) is 12.1 Å². The Hall–Kier alpha value is -1.35. The molecule has 3 aromatic rings. The number of carbonyl (C=O) groups excluding carboxylic acids is 1. The average molecular weight is 335 g/mol. The summed E-state index contributed by atoms with van der Waals surface area (Å²) in [6, 6.07) is 16.1. The molecule has 0 saturated heterocycles. The number of rotatable bonds is 4. The van der Waals surface area contributed by atoms with Gasteiger partial charge >= 0.3 is 0 Å². The molecule has 0 N–H and O–H groups in total. The zero-order valence-corrected chi connectivity index (χ0v) is 13.4. The lowest BCUT2D eigenvalue weighted by Crippen LogP contribution is -1.92. The summed E-state index contributed by atoms with van der Waals surface area (Å²) in [6.45, 7) is 0. The van der Waals surface area contributed by atoms with Crippen molar-refractivity contribution < 1.29 is 4.79 Å². The molecule has 1 nitrogen and oxygen atoms in total. The molecule has 0 amide bonds. The first-order valence-corrected chi connectivity index (χ1v) is 8.17. The van der Waals surface area contributed by atoms with Crippen LogP contribution in [-0.2, 0) is 11.2 Å². The van der Waals surface area contributed by atoms with Crippen LogP contribution in [0.25, 0.3) is 20.5 Å². The zero-order valence-electron chi connectivity index (χ0n) is 11.1. The maximum Gasteiger partial charge on any atom is 0.221 e. The van der Waals surface area contributed by atoms with E-state index >= 15 is 0 Å². The van der Waals surface area contributed by atoms with E-state index in [1.807, 2.05) is 36.4 Å². The van der Waals surface area contributed by atoms with Crippen LogP contribution in [0.3, 0.4) is 0 Å². The largest absolute Gasteiger partial charge is 0.281 e. The van der Waals surface area contributed by atoms with Crippen molar-refractivity contribution in [2.24, 2.45) is 0 Å². The Morgan fingerprint density at radius 2 is 1.86 bits per heavy atom. The van der Waals surface area contributed by atoms with E-state index in [1.165, 1.54) is 9.58 Å². The van der Waals surface area contributed by atoms with Crippen molar-refractivity contribution in [3.05, 3.63) is 59.1 Å². The maximum atomic E-state index is 11.1. The van der Waals surface area contributed by atoms with Crippen LogP contribution in [0, 0.1) is 0 Å². The summed E-state index contributed by atoms with van der Waals surface area (Å²) in [4.78, 5) is 12.3. The zero-order chi connectivity index (χ0) is 14.8. The maximum absolute atomic E-state index is 11.1. The normalized spacial score (nSPS) is 11.0. The number of fused-ring (bicyclic) bond motifs is 1. The molecule has 1 heterocycles. The Kier molecular flexibility index (Phi) is 4.29. The second kappa shape index (κ2) is 6.18. The molecule has 0 aliphatic carbocycles. The van der Waals surface area contributed by atoms with Gasteiger partial charge in [0.25, 0.3) is 0 Å². The Labute approximate surface area is 137 Å². The molecule has 0 fully saturated rings. The Morgan fingerprint density at radius 1 is 1.10 bits per heavy atom. The van der Waals surface area contributed by atoms with Crippen LogP contribution in [0.2, 0.25) is 5.02 Å². The van der Waals surface area contributed by atoms with Crippen molar-refractivity contribution >= 4 is 49.9 Å². The minimum absolute atomic E-state index is 0.310. The van der Waals surface area contributed by atoms with E-state index in [0.717, 1.165) is 16.5 Å². The first kappa shape index (κ1) is 14.6. The molecule has 1 aromatic heterocycles. The molecule has 0 unspecified atom stereocenters. The highest BCUT2D eigenvalue weighted by Gasteiger charge is 2.14. The number of benzene rings is 2. The van der Waals surface area contributed by atoms with Gasteiger partial charge in [-0.25, -0.2) is 0 Å². The molecule has 0 aliphatic heterocycles. The van der Waals surface area contributed by atoms with Gasteiger partial charge in [-0.15, -0.1) is 11.3 Å². The fraction of sp³-hybridized carbons (Fsp3) is 0.118. The van der Waals surface area contributed by atoms with Gasteiger partial charge in [0, 0.05) is 21.0 Å². The first-order valence-electron chi connectivity index (χ1n) is 6.60.